The van der Waals surface area contributed by atoms with Crippen LogP contribution in [0.15, 0.2) is 22.1 Å². The van der Waals surface area contributed by atoms with Gasteiger partial charge >= 0.3 is 0 Å². The molecule has 0 aliphatic rings. The number of hydrogen-bond donors (Lipinski definition) is 6. The Bertz CT molecular complexity index is 2050. The van der Waals surface area contributed by atoms with Crippen LogP contribution in [-0.2, 0) is 0 Å². The van der Waals surface area contributed by atoms with Crippen molar-refractivity contribution in [2.45, 2.75) is 221 Å². The Balaban J connectivity index is 1.63. The minimum atomic E-state index is -0.345. The predicted octanol–water partition coefficient (Wildman–Crippen LogP) is 17.0. The Morgan fingerprint density at radius 2 is 0.667 bits per heavy atom. The highest BCUT2D eigenvalue weighted by atomic mass is 16.3. The SMILES string of the molecule is CCCCCCCCCCCCCCN=Cc1c(O)c(O)c(C(C)C)c2cc(C)c(-c3c(C)cc4c(C(C)C)c(O)c(O)c(C=NCCCCCCCCCCCCCC)c4c3O)c(O)c12. The standard InChI is InChI=1S/C58H88N2O6/c1-9-11-13-15-17-19-21-23-25-27-29-31-33-59-37-45-51-43(47(39(3)4)57(65)53(45)61)35-41(7)49(55(51)63)50-42(8)36-44-48(40(5)6)58(66)54(62)46(52(44)56(50)64)38-60-34-32-30-28-26-24-22-20-18-16-14-12-10-2/h35-40,61-66H,9-34H2,1-8H3. The molecule has 0 heterocycles. The van der Waals surface area contributed by atoms with E-state index in [1.165, 1.54) is 116 Å². The Hall–Kier alpha value is -4.46. The summed E-state index contributed by atoms with van der Waals surface area (Å²) in [6.07, 6.45) is 32.9. The van der Waals surface area contributed by atoms with Crippen LogP contribution in [0.25, 0.3) is 32.7 Å². The van der Waals surface area contributed by atoms with Gasteiger partial charge in [-0.3, -0.25) is 9.98 Å². The summed E-state index contributed by atoms with van der Waals surface area (Å²) in [5.74, 6) is -1.83. The fourth-order valence-corrected chi connectivity index (χ4v) is 10.0. The normalized spacial score (nSPS) is 12.2. The highest BCUT2D eigenvalue weighted by Crippen LogP contribution is 2.54. The second kappa shape index (κ2) is 28.0. The number of rotatable bonds is 31. The van der Waals surface area contributed by atoms with Crippen molar-refractivity contribution < 1.29 is 30.6 Å². The van der Waals surface area contributed by atoms with Gasteiger partial charge < -0.3 is 30.6 Å². The lowest BCUT2D eigenvalue weighted by molar-refractivity contribution is 0.398. The first-order chi connectivity index (χ1) is 31.8. The molecule has 366 valence electrons. The Labute approximate surface area is 398 Å². The van der Waals surface area contributed by atoms with E-state index in [-0.39, 0.29) is 57.5 Å². The van der Waals surface area contributed by atoms with Crippen LogP contribution in [0.1, 0.15) is 241 Å². The van der Waals surface area contributed by atoms with Crippen LogP contribution in [0.5, 0.6) is 34.5 Å². The topological polar surface area (TPSA) is 146 Å². The summed E-state index contributed by atoms with van der Waals surface area (Å²) < 4.78 is 0. The van der Waals surface area contributed by atoms with E-state index in [1.54, 1.807) is 12.4 Å². The molecule has 0 bridgehead atoms. The molecule has 0 aliphatic heterocycles. The lowest BCUT2D eigenvalue weighted by Crippen LogP contribution is -2.01. The molecule has 0 saturated carbocycles. The van der Waals surface area contributed by atoms with Crippen LogP contribution in [0, 0.1) is 13.8 Å². The van der Waals surface area contributed by atoms with Gasteiger partial charge in [-0.2, -0.15) is 0 Å². The van der Waals surface area contributed by atoms with Crippen LogP contribution < -0.4 is 0 Å². The summed E-state index contributed by atoms with van der Waals surface area (Å²) in [7, 11) is 0. The van der Waals surface area contributed by atoms with E-state index in [1.807, 2.05) is 53.7 Å². The summed E-state index contributed by atoms with van der Waals surface area (Å²) in [5.41, 5.74) is 3.51. The number of nitrogens with zero attached hydrogens (tertiary/aromatic N) is 2. The van der Waals surface area contributed by atoms with E-state index in [2.05, 4.69) is 13.8 Å². The monoisotopic (exact) mass is 909 g/mol. The zero-order chi connectivity index (χ0) is 48.2. The van der Waals surface area contributed by atoms with Crippen molar-refractivity contribution >= 4 is 34.0 Å². The van der Waals surface area contributed by atoms with Gasteiger partial charge in [0.15, 0.2) is 23.0 Å². The van der Waals surface area contributed by atoms with Gasteiger partial charge in [0, 0.05) is 69.7 Å². The molecule has 0 spiro atoms. The number of hydrogen-bond acceptors (Lipinski definition) is 8. The molecule has 0 saturated heterocycles. The third-order valence-corrected chi connectivity index (χ3v) is 13.7. The van der Waals surface area contributed by atoms with Crippen LogP contribution >= 0.6 is 0 Å². The van der Waals surface area contributed by atoms with Gasteiger partial charge in [0.05, 0.1) is 0 Å². The lowest BCUT2D eigenvalue weighted by Gasteiger charge is -2.23. The summed E-state index contributed by atoms with van der Waals surface area (Å²) in [6.45, 7) is 17.1. The number of aliphatic imine (C=N–C) groups is 2. The molecule has 8 heteroatoms. The van der Waals surface area contributed by atoms with Gasteiger partial charge in [-0.05, 0) is 60.4 Å². The van der Waals surface area contributed by atoms with E-state index < -0.39 is 0 Å². The van der Waals surface area contributed by atoms with Crippen molar-refractivity contribution in [1.82, 2.24) is 0 Å². The van der Waals surface area contributed by atoms with E-state index in [9.17, 15) is 30.6 Å². The third-order valence-electron chi connectivity index (χ3n) is 13.7. The first-order valence-corrected chi connectivity index (χ1v) is 26.3. The van der Waals surface area contributed by atoms with E-state index in [0.29, 0.717) is 68.0 Å². The molecule has 0 aromatic heterocycles. The van der Waals surface area contributed by atoms with Crippen LogP contribution in [0.4, 0.5) is 0 Å². The molecule has 66 heavy (non-hydrogen) atoms. The van der Waals surface area contributed by atoms with E-state index in [0.717, 1.165) is 38.5 Å². The first-order valence-electron chi connectivity index (χ1n) is 26.3. The average molecular weight is 909 g/mol. The summed E-state index contributed by atoms with van der Waals surface area (Å²) in [4.78, 5) is 9.41. The summed E-state index contributed by atoms with van der Waals surface area (Å²) >= 11 is 0. The summed E-state index contributed by atoms with van der Waals surface area (Å²) in [5, 5.41) is 72.8. The highest BCUT2D eigenvalue weighted by Gasteiger charge is 2.29. The number of benzene rings is 4. The molecular formula is C58H88N2O6. The van der Waals surface area contributed by atoms with Gasteiger partial charge in [0.1, 0.15) is 11.5 Å². The number of aromatic hydroxyl groups is 6. The molecule has 4 rings (SSSR count). The third kappa shape index (κ3) is 14.3. The van der Waals surface area contributed by atoms with Gasteiger partial charge in [-0.1, -0.05) is 195 Å². The van der Waals surface area contributed by atoms with Crippen molar-refractivity contribution in [3.8, 4) is 45.6 Å². The minimum Gasteiger partial charge on any atom is -0.507 e. The fraction of sp³-hybridized carbons (Fsp3) is 0.621. The van der Waals surface area contributed by atoms with Gasteiger partial charge in [0.2, 0.25) is 0 Å². The van der Waals surface area contributed by atoms with E-state index >= 15 is 0 Å². The molecule has 0 fully saturated rings. The molecule has 0 aliphatic carbocycles. The van der Waals surface area contributed by atoms with E-state index in [4.69, 9.17) is 9.98 Å². The lowest BCUT2D eigenvalue weighted by atomic mass is 9.83. The largest absolute Gasteiger partial charge is 0.507 e. The molecule has 0 atom stereocenters. The molecule has 4 aromatic carbocycles. The molecule has 0 unspecified atom stereocenters. The fourth-order valence-electron chi connectivity index (χ4n) is 10.0. The van der Waals surface area contributed by atoms with Gasteiger partial charge in [-0.15, -0.1) is 0 Å². The second-order valence-electron chi connectivity index (χ2n) is 19.9. The number of phenolic OH excluding ortho intramolecular Hbond substituents is 6. The molecule has 4 aromatic rings. The number of phenols is 6. The number of fused-ring (bicyclic) bond motifs is 2. The maximum absolute atomic E-state index is 12.5. The van der Waals surface area contributed by atoms with Crippen molar-refractivity contribution in [2.75, 3.05) is 13.1 Å². The molecule has 0 radical (unpaired) electrons. The molecule has 0 amide bonds. The second-order valence-corrected chi connectivity index (χ2v) is 19.9. The van der Waals surface area contributed by atoms with Crippen LogP contribution in [0.2, 0.25) is 0 Å². The highest BCUT2D eigenvalue weighted by molar-refractivity contribution is 6.15. The van der Waals surface area contributed by atoms with Gasteiger partial charge in [0.25, 0.3) is 0 Å². The van der Waals surface area contributed by atoms with Crippen molar-refractivity contribution in [3.05, 3.63) is 45.5 Å². The predicted molar refractivity (Wildman–Crippen MR) is 282 cm³/mol. The molecular weight excluding hydrogens is 821 g/mol. The Kier molecular flexibility index (Phi) is 23.0. The van der Waals surface area contributed by atoms with Gasteiger partial charge in [-0.25, -0.2) is 0 Å². The van der Waals surface area contributed by atoms with Crippen molar-refractivity contribution in [1.29, 1.82) is 0 Å². The number of aryl methyl sites for hydroxylation is 2. The Morgan fingerprint density at radius 3 is 0.939 bits per heavy atom. The Morgan fingerprint density at radius 1 is 0.394 bits per heavy atom. The average Bonchev–Trinajstić information content (AvgIpc) is 3.27. The minimum absolute atomic E-state index is 0.152. The maximum Gasteiger partial charge on any atom is 0.167 e. The summed E-state index contributed by atoms with van der Waals surface area (Å²) in [6, 6.07) is 3.80. The van der Waals surface area contributed by atoms with Crippen molar-refractivity contribution in [2.24, 2.45) is 9.98 Å². The zero-order valence-electron chi connectivity index (χ0n) is 42.4. The maximum atomic E-state index is 12.5. The molecule has 8 nitrogen and oxygen atoms in total. The quantitative estimate of drug-likeness (QED) is 0.0168. The smallest absolute Gasteiger partial charge is 0.167 e. The zero-order valence-corrected chi connectivity index (χ0v) is 42.4. The van der Waals surface area contributed by atoms with Crippen molar-refractivity contribution in [3.63, 3.8) is 0 Å². The first kappa shape index (κ1) is 54.1. The number of unbranched alkanes of at least 4 members (excludes halogenated alkanes) is 22. The van der Waals surface area contributed by atoms with Crippen LogP contribution in [0.3, 0.4) is 0 Å². The molecule has 6 N–H and O–H groups in total. The van der Waals surface area contributed by atoms with Crippen LogP contribution in [-0.4, -0.2) is 56.2 Å².